The van der Waals surface area contributed by atoms with Crippen molar-refractivity contribution in [2.75, 3.05) is 0 Å². The average Bonchev–Trinajstić information content (AvgIpc) is 2.24. The molecule has 0 amide bonds. The number of carboxylic acids is 1. The zero-order chi connectivity index (χ0) is 14.6. The Hall–Kier alpha value is -1.07. The van der Waals surface area contributed by atoms with E-state index >= 15 is 0 Å². The van der Waals surface area contributed by atoms with E-state index in [1.54, 1.807) is 0 Å². The van der Waals surface area contributed by atoms with E-state index in [2.05, 4.69) is 13.8 Å². The van der Waals surface area contributed by atoms with E-state index in [0.717, 1.165) is 25.7 Å². The van der Waals surface area contributed by atoms with Crippen LogP contribution in [0.2, 0.25) is 0 Å². The summed E-state index contributed by atoms with van der Waals surface area (Å²) in [5, 5.41) is 7.12. The molecule has 0 saturated heterocycles. The number of alkyl halides is 3. The summed E-state index contributed by atoms with van der Waals surface area (Å²) in [6.07, 6.45) is 2.38. The fraction of sp³-hybridized carbons (Fsp3) is 0.833. The number of carbonyl (C=O) groups is 2. The fourth-order valence-corrected chi connectivity index (χ4v) is 1.15. The van der Waals surface area contributed by atoms with Gasteiger partial charge in [0, 0.05) is 12.8 Å². The fourth-order valence-electron chi connectivity index (χ4n) is 1.15. The first-order valence-electron chi connectivity index (χ1n) is 6.07. The highest BCUT2D eigenvalue weighted by atomic mass is 19.4. The van der Waals surface area contributed by atoms with E-state index in [1.165, 1.54) is 19.3 Å². The highest BCUT2D eigenvalue weighted by Gasteiger charge is 2.38. The zero-order valence-electron chi connectivity index (χ0n) is 10.8. The molecule has 0 heterocycles. The van der Waals surface area contributed by atoms with Crippen molar-refractivity contribution in [2.45, 2.75) is 65.0 Å². The Morgan fingerprint density at radius 3 is 1.78 bits per heavy atom. The highest BCUT2D eigenvalue weighted by molar-refractivity contribution is 5.78. The second-order valence-electron chi connectivity index (χ2n) is 3.90. The molecular weight excluding hydrogens is 249 g/mol. The lowest BCUT2D eigenvalue weighted by molar-refractivity contribution is -0.192. The van der Waals surface area contributed by atoms with Crippen molar-refractivity contribution >= 4 is 11.8 Å². The van der Waals surface area contributed by atoms with E-state index in [-0.39, 0.29) is 0 Å². The molecule has 0 aliphatic carbocycles. The Kier molecular flexibility index (Phi) is 11.8. The number of rotatable bonds is 7. The van der Waals surface area contributed by atoms with Gasteiger partial charge in [-0.15, -0.1) is 0 Å². The number of aliphatic carboxylic acids is 1. The highest BCUT2D eigenvalue weighted by Crippen LogP contribution is 2.13. The first-order valence-corrected chi connectivity index (χ1v) is 6.07. The molecule has 0 aliphatic rings. The topological polar surface area (TPSA) is 54.4 Å². The van der Waals surface area contributed by atoms with Crippen LogP contribution < -0.4 is 0 Å². The van der Waals surface area contributed by atoms with Crippen LogP contribution >= 0.6 is 0 Å². The van der Waals surface area contributed by atoms with Gasteiger partial charge in [0.25, 0.3) is 0 Å². The van der Waals surface area contributed by atoms with Crippen LogP contribution in [0.25, 0.3) is 0 Å². The quantitative estimate of drug-likeness (QED) is 0.712. The second kappa shape index (κ2) is 11.0. The summed E-state index contributed by atoms with van der Waals surface area (Å²) in [6, 6.07) is 0. The van der Waals surface area contributed by atoms with Gasteiger partial charge in [0.15, 0.2) is 0 Å². The predicted octanol–water partition coefficient (Wildman–Crippen LogP) is 3.96. The van der Waals surface area contributed by atoms with Crippen LogP contribution in [-0.4, -0.2) is 23.0 Å². The minimum Gasteiger partial charge on any atom is -0.475 e. The number of hydrogen-bond donors (Lipinski definition) is 1. The molecule has 0 spiro atoms. The standard InChI is InChI=1S/C10H20O.C2HF3O2/c1-3-5-6-7-9-10(11)8-4-2;3-2(4,5)1(6)7/h3-9H2,1-2H3;(H,6,7). The van der Waals surface area contributed by atoms with Gasteiger partial charge in [-0.25, -0.2) is 4.79 Å². The van der Waals surface area contributed by atoms with Gasteiger partial charge in [0.2, 0.25) is 0 Å². The number of unbranched alkanes of at least 4 members (excludes halogenated alkanes) is 3. The van der Waals surface area contributed by atoms with Crippen LogP contribution in [-0.2, 0) is 9.59 Å². The maximum absolute atomic E-state index is 11.0. The third-order valence-corrected chi connectivity index (χ3v) is 2.08. The summed E-state index contributed by atoms with van der Waals surface area (Å²) < 4.78 is 31.7. The van der Waals surface area contributed by atoms with Gasteiger partial charge in [-0.05, 0) is 12.8 Å². The Bertz CT molecular complexity index is 237. The molecule has 0 atom stereocenters. The molecule has 0 bridgehead atoms. The van der Waals surface area contributed by atoms with Gasteiger partial charge in [-0.1, -0.05) is 33.1 Å². The van der Waals surface area contributed by atoms with Crippen LogP contribution in [0.5, 0.6) is 0 Å². The maximum Gasteiger partial charge on any atom is 0.490 e. The number of carboxylic acid groups (broad SMARTS) is 1. The molecule has 0 saturated carbocycles. The second-order valence-corrected chi connectivity index (χ2v) is 3.90. The van der Waals surface area contributed by atoms with Gasteiger partial charge >= 0.3 is 12.1 Å². The normalized spacial score (nSPS) is 10.5. The van der Waals surface area contributed by atoms with Crippen molar-refractivity contribution < 1.29 is 27.9 Å². The summed E-state index contributed by atoms with van der Waals surface area (Å²) >= 11 is 0. The van der Waals surface area contributed by atoms with Crippen molar-refractivity contribution in [1.29, 1.82) is 0 Å². The number of carbonyl (C=O) groups excluding carboxylic acids is 1. The predicted molar refractivity (Wildman–Crippen MR) is 62.4 cm³/mol. The SMILES string of the molecule is CCCCCCC(=O)CCC.O=C(O)C(F)(F)F. The van der Waals surface area contributed by atoms with Crippen LogP contribution in [0.4, 0.5) is 13.2 Å². The lowest BCUT2D eigenvalue weighted by Crippen LogP contribution is -2.21. The summed E-state index contributed by atoms with van der Waals surface area (Å²) in [6.45, 7) is 4.25. The first-order chi connectivity index (χ1) is 8.25. The van der Waals surface area contributed by atoms with Crippen molar-refractivity contribution in [3.05, 3.63) is 0 Å². The molecule has 0 radical (unpaired) electrons. The molecule has 0 rings (SSSR count). The third kappa shape index (κ3) is 14.9. The number of halogens is 3. The van der Waals surface area contributed by atoms with Crippen LogP contribution in [0.1, 0.15) is 58.8 Å². The van der Waals surface area contributed by atoms with Gasteiger partial charge < -0.3 is 5.11 Å². The minimum atomic E-state index is -5.08. The summed E-state index contributed by atoms with van der Waals surface area (Å²) in [5.74, 6) is -2.31. The average molecular weight is 270 g/mol. The Morgan fingerprint density at radius 1 is 0.944 bits per heavy atom. The van der Waals surface area contributed by atoms with Gasteiger partial charge in [-0.2, -0.15) is 13.2 Å². The van der Waals surface area contributed by atoms with E-state index in [1.807, 2.05) is 0 Å². The van der Waals surface area contributed by atoms with Crippen LogP contribution in [0.15, 0.2) is 0 Å². The zero-order valence-corrected chi connectivity index (χ0v) is 10.8. The maximum atomic E-state index is 11.0. The van der Waals surface area contributed by atoms with Gasteiger partial charge in [0.05, 0.1) is 0 Å². The minimum absolute atomic E-state index is 0.448. The van der Waals surface area contributed by atoms with E-state index in [9.17, 15) is 18.0 Å². The van der Waals surface area contributed by atoms with E-state index < -0.39 is 12.1 Å². The number of ketones is 1. The van der Waals surface area contributed by atoms with Crippen LogP contribution in [0.3, 0.4) is 0 Å². The summed E-state index contributed by atoms with van der Waals surface area (Å²) in [7, 11) is 0. The largest absolute Gasteiger partial charge is 0.490 e. The smallest absolute Gasteiger partial charge is 0.475 e. The van der Waals surface area contributed by atoms with E-state index in [4.69, 9.17) is 9.90 Å². The molecule has 0 fully saturated rings. The Balaban J connectivity index is 0. The van der Waals surface area contributed by atoms with Gasteiger partial charge in [0.1, 0.15) is 5.78 Å². The monoisotopic (exact) mass is 270 g/mol. The number of Topliss-reactive ketones (excluding diaryl/α,β-unsaturated/α-hetero) is 1. The lowest BCUT2D eigenvalue weighted by Gasteiger charge is -1.97. The van der Waals surface area contributed by atoms with Crippen molar-refractivity contribution in [2.24, 2.45) is 0 Å². The van der Waals surface area contributed by atoms with Crippen molar-refractivity contribution in [3.8, 4) is 0 Å². The molecule has 1 N–H and O–H groups in total. The first kappa shape index (κ1) is 19.3. The van der Waals surface area contributed by atoms with Gasteiger partial charge in [-0.3, -0.25) is 4.79 Å². The third-order valence-electron chi connectivity index (χ3n) is 2.08. The van der Waals surface area contributed by atoms with Crippen molar-refractivity contribution in [3.63, 3.8) is 0 Å². The molecule has 0 aromatic carbocycles. The molecule has 108 valence electrons. The summed E-state index contributed by atoms with van der Waals surface area (Å²) in [5.41, 5.74) is 0. The molecule has 0 aromatic rings. The molecule has 18 heavy (non-hydrogen) atoms. The van der Waals surface area contributed by atoms with E-state index in [0.29, 0.717) is 5.78 Å². The Labute approximate surface area is 105 Å². The molecule has 0 aromatic heterocycles. The molecular formula is C12H21F3O3. The molecule has 6 heteroatoms. The van der Waals surface area contributed by atoms with Crippen molar-refractivity contribution in [1.82, 2.24) is 0 Å². The number of hydrogen-bond acceptors (Lipinski definition) is 2. The summed E-state index contributed by atoms with van der Waals surface area (Å²) in [4.78, 5) is 19.9. The molecule has 0 unspecified atom stereocenters. The molecule has 3 nitrogen and oxygen atoms in total. The molecule has 0 aliphatic heterocycles. The Morgan fingerprint density at radius 2 is 1.44 bits per heavy atom. The van der Waals surface area contributed by atoms with Crippen LogP contribution in [0, 0.1) is 0 Å². The lowest BCUT2D eigenvalue weighted by atomic mass is 10.1.